The van der Waals surface area contributed by atoms with Crippen molar-refractivity contribution < 1.29 is 29.6 Å². The van der Waals surface area contributed by atoms with E-state index in [1.54, 1.807) is 0 Å². The van der Waals surface area contributed by atoms with Crippen molar-refractivity contribution in [2.24, 2.45) is 5.92 Å². The number of rotatable bonds is 6. The van der Waals surface area contributed by atoms with Gasteiger partial charge in [-0.15, -0.1) is 0 Å². The van der Waals surface area contributed by atoms with Crippen molar-refractivity contribution in [1.82, 2.24) is 5.32 Å². The molecule has 118 valence electrons. The average Bonchev–Trinajstić information content (AvgIpc) is 2.36. The number of ether oxygens (including phenoxy) is 2. The van der Waals surface area contributed by atoms with Gasteiger partial charge in [0.05, 0.1) is 13.2 Å². The van der Waals surface area contributed by atoms with E-state index in [1.807, 2.05) is 13.8 Å². The first kappa shape index (κ1) is 17.3. The summed E-state index contributed by atoms with van der Waals surface area (Å²) in [6.45, 7) is 5.37. The first-order valence-corrected chi connectivity index (χ1v) is 6.88. The van der Waals surface area contributed by atoms with E-state index >= 15 is 0 Å². The summed E-state index contributed by atoms with van der Waals surface area (Å²) in [6.07, 6.45) is -3.56. The van der Waals surface area contributed by atoms with Crippen LogP contribution in [0, 0.1) is 5.92 Å². The Morgan fingerprint density at radius 1 is 1.35 bits per heavy atom. The van der Waals surface area contributed by atoms with Crippen molar-refractivity contribution in [3.8, 4) is 0 Å². The Morgan fingerprint density at radius 3 is 2.50 bits per heavy atom. The molecular weight excluding hydrogens is 266 g/mol. The van der Waals surface area contributed by atoms with Crippen LogP contribution in [0.3, 0.4) is 0 Å². The minimum atomic E-state index is -1.28. The molecule has 0 aromatic heterocycles. The molecule has 0 saturated carbocycles. The van der Waals surface area contributed by atoms with Gasteiger partial charge in [0.25, 0.3) is 0 Å². The summed E-state index contributed by atoms with van der Waals surface area (Å²) in [6, 6.07) is -0.863. The Morgan fingerprint density at radius 2 is 2.00 bits per heavy atom. The summed E-state index contributed by atoms with van der Waals surface area (Å²) in [7, 11) is 0. The van der Waals surface area contributed by atoms with Gasteiger partial charge in [0.15, 0.2) is 6.29 Å². The van der Waals surface area contributed by atoms with Crippen molar-refractivity contribution in [3.05, 3.63) is 0 Å². The predicted octanol–water partition coefficient (Wildman–Crippen LogP) is -1.01. The van der Waals surface area contributed by atoms with Gasteiger partial charge in [-0.1, -0.05) is 13.8 Å². The van der Waals surface area contributed by atoms with Crippen LogP contribution in [0.5, 0.6) is 0 Å². The lowest BCUT2D eigenvalue weighted by molar-refractivity contribution is -0.270. The molecule has 4 N–H and O–H groups in total. The fourth-order valence-electron chi connectivity index (χ4n) is 2.03. The van der Waals surface area contributed by atoms with Gasteiger partial charge in [-0.05, 0) is 12.3 Å². The zero-order chi connectivity index (χ0) is 15.3. The predicted molar refractivity (Wildman–Crippen MR) is 70.8 cm³/mol. The molecule has 0 radical (unpaired) electrons. The number of carbonyl (C=O) groups is 1. The summed E-state index contributed by atoms with van der Waals surface area (Å²) >= 11 is 0. The third-order valence-corrected chi connectivity index (χ3v) is 3.23. The van der Waals surface area contributed by atoms with E-state index in [-0.39, 0.29) is 5.91 Å². The Hall–Kier alpha value is -0.730. The maximum Gasteiger partial charge on any atom is 0.217 e. The van der Waals surface area contributed by atoms with Gasteiger partial charge in [0.1, 0.15) is 24.4 Å². The molecule has 1 heterocycles. The number of hydrogen-bond acceptors (Lipinski definition) is 6. The third-order valence-electron chi connectivity index (χ3n) is 3.23. The standard InChI is InChI=1S/C13H25NO6/c1-7(2)4-5-19-13-10(14-8(3)16)12(18)11(17)9(6-15)20-13/h7,9-13,15,17-18H,4-6H2,1-3H3,(H,14,16)/t9-,10-,11-,12-,13-/m1/s1. The fraction of sp³-hybridized carbons (Fsp3) is 0.923. The highest BCUT2D eigenvalue weighted by Crippen LogP contribution is 2.22. The van der Waals surface area contributed by atoms with Crippen LogP contribution in [0.25, 0.3) is 0 Å². The molecule has 5 atom stereocenters. The molecule has 0 bridgehead atoms. The lowest BCUT2D eigenvalue weighted by Crippen LogP contribution is -2.64. The van der Waals surface area contributed by atoms with E-state index in [2.05, 4.69) is 5.32 Å². The number of amides is 1. The van der Waals surface area contributed by atoms with Crippen LogP contribution < -0.4 is 5.32 Å². The smallest absolute Gasteiger partial charge is 0.217 e. The number of carbonyl (C=O) groups excluding carboxylic acids is 1. The summed E-state index contributed by atoms with van der Waals surface area (Å²) in [5.74, 6) is 0.0896. The van der Waals surface area contributed by atoms with Crippen LogP contribution in [0.2, 0.25) is 0 Å². The van der Waals surface area contributed by atoms with Gasteiger partial charge >= 0.3 is 0 Å². The second kappa shape index (κ2) is 7.90. The van der Waals surface area contributed by atoms with E-state index in [0.717, 1.165) is 6.42 Å². The first-order chi connectivity index (χ1) is 9.36. The molecule has 0 aromatic carbocycles. The fourth-order valence-corrected chi connectivity index (χ4v) is 2.03. The molecular formula is C13H25NO6. The first-order valence-electron chi connectivity index (χ1n) is 6.88. The van der Waals surface area contributed by atoms with Crippen LogP contribution in [0.15, 0.2) is 0 Å². The van der Waals surface area contributed by atoms with Gasteiger partial charge in [0.2, 0.25) is 5.91 Å². The molecule has 7 nitrogen and oxygen atoms in total. The molecule has 1 rings (SSSR count). The minimum Gasteiger partial charge on any atom is -0.394 e. The normalized spacial score (nSPS) is 34.2. The van der Waals surface area contributed by atoms with E-state index in [4.69, 9.17) is 14.6 Å². The average molecular weight is 291 g/mol. The van der Waals surface area contributed by atoms with Crippen LogP contribution in [0.1, 0.15) is 27.2 Å². The van der Waals surface area contributed by atoms with E-state index in [1.165, 1.54) is 6.92 Å². The van der Waals surface area contributed by atoms with Crippen molar-refractivity contribution in [3.63, 3.8) is 0 Å². The highest BCUT2D eigenvalue weighted by atomic mass is 16.7. The monoisotopic (exact) mass is 291 g/mol. The molecule has 1 aliphatic rings. The van der Waals surface area contributed by atoms with Gasteiger partial charge in [0, 0.05) is 6.92 Å². The van der Waals surface area contributed by atoms with E-state index in [0.29, 0.717) is 12.5 Å². The number of aliphatic hydroxyl groups excluding tert-OH is 3. The lowest BCUT2D eigenvalue weighted by atomic mass is 9.97. The van der Waals surface area contributed by atoms with Crippen molar-refractivity contribution in [1.29, 1.82) is 0 Å². The maximum atomic E-state index is 11.2. The Labute approximate surface area is 118 Å². The maximum absolute atomic E-state index is 11.2. The summed E-state index contributed by atoms with van der Waals surface area (Å²) < 4.78 is 11.0. The molecule has 0 spiro atoms. The topological polar surface area (TPSA) is 108 Å². The van der Waals surface area contributed by atoms with E-state index < -0.39 is 37.3 Å². The minimum absolute atomic E-state index is 0.357. The lowest BCUT2D eigenvalue weighted by Gasteiger charge is -2.42. The number of aliphatic hydroxyl groups is 3. The summed E-state index contributed by atoms with van der Waals surface area (Å²) in [5.41, 5.74) is 0. The molecule has 1 saturated heterocycles. The van der Waals surface area contributed by atoms with Crippen LogP contribution in [-0.2, 0) is 14.3 Å². The van der Waals surface area contributed by atoms with Crippen LogP contribution in [-0.4, -0.2) is 65.1 Å². The Bertz CT molecular complexity index is 311. The van der Waals surface area contributed by atoms with Gasteiger partial charge in [-0.3, -0.25) is 4.79 Å². The number of nitrogens with one attached hydrogen (secondary N) is 1. The van der Waals surface area contributed by atoms with Crippen molar-refractivity contribution in [2.75, 3.05) is 13.2 Å². The molecule has 0 aromatic rings. The number of hydrogen-bond donors (Lipinski definition) is 4. The highest BCUT2D eigenvalue weighted by Gasteiger charge is 2.45. The van der Waals surface area contributed by atoms with Crippen molar-refractivity contribution >= 4 is 5.91 Å². The summed E-state index contributed by atoms with van der Waals surface area (Å²) in [5, 5.41) is 31.5. The molecule has 0 aliphatic carbocycles. The molecule has 1 fully saturated rings. The molecule has 20 heavy (non-hydrogen) atoms. The third kappa shape index (κ3) is 4.68. The Kier molecular flexibility index (Phi) is 6.84. The van der Waals surface area contributed by atoms with Gasteiger partial charge in [-0.2, -0.15) is 0 Å². The largest absolute Gasteiger partial charge is 0.394 e. The van der Waals surface area contributed by atoms with Crippen LogP contribution in [0.4, 0.5) is 0 Å². The van der Waals surface area contributed by atoms with Crippen LogP contribution >= 0.6 is 0 Å². The van der Waals surface area contributed by atoms with Gasteiger partial charge < -0.3 is 30.1 Å². The quantitative estimate of drug-likeness (QED) is 0.499. The SMILES string of the molecule is CC(=O)N[C@H]1[C@H](OCCC(C)C)O[C@H](CO)[C@@H](O)[C@@H]1O. The molecule has 0 unspecified atom stereocenters. The second-order valence-electron chi connectivity index (χ2n) is 5.49. The molecule has 7 heteroatoms. The highest BCUT2D eigenvalue weighted by molar-refractivity contribution is 5.73. The van der Waals surface area contributed by atoms with E-state index in [9.17, 15) is 15.0 Å². The summed E-state index contributed by atoms with van der Waals surface area (Å²) in [4.78, 5) is 11.2. The molecule has 1 amide bonds. The second-order valence-corrected chi connectivity index (χ2v) is 5.49. The van der Waals surface area contributed by atoms with Gasteiger partial charge in [-0.25, -0.2) is 0 Å². The Balaban J connectivity index is 2.70. The molecule has 1 aliphatic heterocycles. The zero-order valence-electron chi connectivity index (χ0n) is 12.2. The van der Waals surface area contributed by atoms with Crippen molar-refractivity contribution in [2.45, 2.75) is 57.8 Å². The zero-order valence-corrected chi connectivity index (χ0v) is 12.2.